The van der Waals surface area contributed by atoms with Crippen LogP contribution in [0.5, 0.6) is 0 Å². The first-order valence-corrected chi connectivity index (χ1v) is 8.59. The molecule has 3 N–H and O–H groups in total. The molecule has 3 aromatic rings. The molecule has 2 heterocycles. The van der Waals surface area contributed by atoms with Crippen molar-refractivity contribution in [1.82, 2.24) is 19.7 Å². The maximum absolute atomic E-state index is 12.6. The van der Waals surface area contributed by atoms with Crippen LogP contribution in [0.4, 0.5) is 36.3 Å². The second-order valence-electron chi connectivity index (χ2n) is 5.30. The van der Waals surface area contributed by atoms with E-state index in [1.165, 1.54) is 24.3 Å². The van der Waals surface area contributed by atoms with Gasteiger partial charge in [-0.05, 0) is 49.3 Å². The van der Waals surface area contributed by atoms with Crippen molar-refractivity contribution in [3.05, 3.63) is 60.6 Å². The van der Waals surface area contributed by atoms with Crippen LogP contribution < -0.4 is 15.4 Å². The van der Waals surface area contributed by atoms with Crippen molar-refractivity contribution < 1.29 is 13.2 Å². The van der Waals surface area contributed by atoms with Gasteiger partial charge in [-0.2, -0.15) is 13.2 Å². The Bertz CT molecular complexity index is 902. The first-order chi connectivity index (χ1) is 12.9. The number of halogens is 3. The van der Waals surface area contributed by atoms with Crippen LogP contribution in [-0.4, -0.2) is 22.0 Å². The van der Waals surface area contributed by atoms with Crippen LogP contribution in [0.2, 0.25) is 0 Å². The summed E-state index contributed by atoms with van der Waals surface area (Å²) in [5, 5.41) is 6.01. The standard InChI is InChI=1S/C17H15F3N6S/c1-21-27-13-4-2-3-12(7-13)25-15-8-16(24-10-23-15)26-14-6-5-11(9-22-14)17(18,19)20/h2-10,21H,1H3,(H2,22,23,24,25,26). The maximum Gasteiger partial charge on any atom is 0.417 e. The Morgan fingerprint density at radius 2 is 1.67 bits per heavy atom. The number of alkyl halides is 3. The number of rotatable bonds is 6. The minimum atomic E-state index is -4.42. The van der Waals surface area contributed by atoms with E-state index in [1.807, 2.05) is 31.3 Å². The number of nitrogens with zero attached hydrogens (tertiary/aromatic N) is 3. The van der Waals surface area contributed by atoms with Crippen LogP contribution in [-0.2, 0) is 6.18 Å². The molecule has 0 fully saturated rings. The fourth-order valence-corrected chi connectivity index (χ4v) is 2.73. The Balaban J connectivity index is 1.71. The monoisotopic (exact) mass is 392 g/mol. The average molecular weight is 392 g/mol. The van der Waals surface area contributed by atoms with E-state index in [9.17, 15) is 13.2 Å². The van der Waals surface area contributed by atoms with Gasteiger partial charge >= 0.3 is 6.18 Å². The molecule has 2 aromatic heterocycles. The number of pyridine rings is 1. The quantitative estimate of drug-likeness (QED) is 0.529. The molecule has 0 spiro atoms. The normalized spacial score (nSPS) is 11.3. The molecular formula is C17H15F3N6S. The van der Waals surface area contributed by atoms with E-state index in [1.54, 1.807) is 6.07 Å². The number of benzene rings is 1. The molecule has 0 unspecified atom stereocenters. The third kappa shape index (κ3) is 5.31. The van der Waals surface area contributed by atoms with Gasteiger partial charge in [-0.25, -0.2) is 15.0 Å². The summed E-state index contributed by atoms with van der Waals surface area (Å²) in [5.41, 5.74) is 0.0324. The lowest BCUT2D eigenvalue weighted by Gasteiger charge is -2.10. The molecule has 0 aliphatic carbocycles. The van der Waals surface area contributed by atoms with Crippen molar-refractivity contribution >= 4 is 35.1 Å². The first-order valence-electron chi connectivity index (χ1n) is 7.77. The molecule has 0 atom stereocenters. The molecular weight excluding hydrogens is 377 g/mol. The molecule has 10 heteroatoms. The van der Waals surface area contributed by atoms with Gasteiger partial charge in [0.15, 0.2) is 0 Å². The Morgan fingerprint density at radius 3 is 2.33 bits per heavy atom. The van der Waals surface area contributed by atoms with Crippen molar-refractivity contribution in [2.75, 3.05) is 17.7 Å². The molecule has 0 saturated carbocycles. The number of anilines is 4. The third-order valence-electron chi connectivity index (χ3n) is 3.34. The number of hydrogen-bond donors (Lipinski definition) is 3. The summed E-state index contributed by atoms with van der Waals surface area (Å²) in [6.07, 6.45) is -2.30. The summed E-state index contributed by atoms with van der Waals surface area (Å²) >= 11 is 1.48. The van der Waals surface area contributed by atoms with Crippen LogP contribution in [0.15, 0.2) is 59.9 Å². The van der Waals surface area contributed by atoms with Gasteiger partial charge in [-0.3, -0.25) is 4.72 Å². The molecule has 0 aliphatic heterocycles. The molecule has 0 radical (unpaired) electrons. The Labute approximate surface area is 157 Å². The zero-order valence-electron chi connectivity index (χ0n) is 14.1. The van der Waals surface area contributed by atoms with E-state index in [-0.39, 0.29) is 5.82 Å². The SMILES string of the molecule is CNSc1cccc(Nc2cc(Nc3ccc(C(F)(F)F)cn3)ncn2)c1. The summed E-state index contributed by atoms with van der Waals surface area (Å²) in [6.45, 7) is 0. The molecule has 1 aromatic carbocycles. The van der Waals surface area contributed by atoms with Gasteiger partial charge in [0.1, 0.15) is 23.8 Å². The number of aromatic nitrogens is 3. The predicted molar refractivity (Wildman–Crippen MR) is 99.2 cm³/mol. The minimum absolute atomic E-state index is 0.250. The molecule has 0 saturated heterocycles. The smallest absolute Gasteiger partial charge is 0.340 e. The average Bonchev–Trinajstić information content (AvgIpc) is 2.62. The molecule has 27 heavy (non-hydrogen) atoms. The van der Waals surface area contributed by atoms with E-state index >= 15 is 0 Å². The number of nitrogens with one attached hydrogen (secondary N) is 3. The van der Waals surface area contributed by atoms with Crippen molar-refractivity contribution in [2.24, 2.45) is 0 Å². The zero-order valence-corrected chi connectivity index (χ0v) is 14.9. The lowest BCUT2D eigenvalue weighted by atomic mass is 10.3. The van der Waals surface area contributed by atoms with Crippen LogP contribution in [0.1, 0.15) is 5.56 Å². The largest absolute Gasteiger partial charge is 0.417 e. The van der Waals surface area contributed by atoms with Crippen molar-refractivity contribution in [1.29, 1.82) is 0 Å². The summed E-state index contributed by atoms with van der Waals surface area (Å²) in [4.78, 5) is 13.0. The van der Waals surface area contributed by atoms with Gasteiger partial charge in [-0.15, -0.1) is 0 Å². The zero-order chi connectivity index (χ0) is 19.3. The Morgan fingerprint density at radius 1 is 0.889 bits per heavy atom. The second kappa shape index (κ2) is 8.23. The Hall–Kier alpha value is -2.85. The van der Waals surface area contributed by atoms with Gasteiger partial charge in [0.05, 0.1) is 5.56 Å². The van der Waals surface area contributed by atoms with Crippen LogP contribution in [0, 0.1) is 0 Å². The summed E-state index contributed by atoms with van der Waals surface area (Å²) in [7, 11) is 1.84. The fourth-order valence-electron chi connectivity index (χ4n) is 2.16. The topological polar surface area (TPSA) is 74.8 Å². The minimum Gasteiger partial charge on any atom is -0.340 e. The van der Waals surface area contributed by atoms with E-state index < -0.39 is 11.7 Å². The van der Waals surface area contributed by atoms with Gasteiger partial charge in [0.25, 0.3) is 0 Å². The van der Waals surface area contributed by atoms with Crippen LogP contribution >= 0.6 is 11.9 Å². The van der Waals surface area contributed by atoms with E-state index in [0.717, 1.165) is 22.8 Å². The second-order valence-corrected chi connectivity index (χ2v) is 6.39. The molecule has 3 rings (SSSR count). The van der Waals surface area contributed by atoms with Crippen molar-refractivity contribution in [3.63, 3.8) is 0 Å². The van der Waals surface area contributed by atoms with Crippen LogP contribution in [0.25, 0.3) is 0 Å². The first kappa shape index (κ1) is 18.9. The third-order valence-corrected chi connectivity index (χ3v) is 4.03. The molecule has 0 amide bonds. The van der Waals surface area contributed by atoms with Crippen molar-refractivity contribution in [2.45, 2.75) is 11.1 Å². The fraction of sp³-hybridized carbons (Fsp3) is 0.118. The lowest BCUT2D eigenvalue weighted by molar-refractivity contribution is -0.137. The molecule has 140 valence electrons. The molecule has 6 nitrogen and oxygen atoms in total. The van der Waals surface area contributed by atoms with E-state index in [0.29, 0.717) is 11.6 Å². The Kier molecular flexibility index (Phi) is 5.77. The van der Waals surface area contributed by atoms with Crippen molar-refractivity contribution in [3.8, 4) is 0 Å². The van der Waals surface area contributed by atoms with E-state index in [2.05, 4.69) is 30.3 Å². The molecule has 0 bridgehead atoms. The summed E-state index contributed by atoms with van der Waals surface area (Å²) in [5.74, 6) is 1.19. The van der Waals surface area contributed by atoms with E-state index in [4.69, 9.17) is 0 Å². The summed E-state index contributed by atoms with van der Waals surface area (Å²) in [6, 6.07) is 11.6. The van der Waals surface area contributed by atoms with Gasteiger partial charge in [-0.1, -0.05) is 6.07 Å². The van der Waals surface area contributed by atoms with Crippen LogP contribution in [0.3, 0.4) is 0 Å². The predicted octanol–water partition coefficient (Wildman–Crippen LogP) is 4.60. The van der Waals surface area contributed by atoms with Gasteiger partial charge < -0.3 is 10.6 Å². The summed E-state index contributed by atoms with van der Waals surface area (Å²) < 4.78 is 40.8. The highest BCUT2D eigenvalue weighted by Gasteiger charge is 2.30. The van der Waals surface area contributed by atoms with Gasteiger partial charge in [0, 0.05) is 22.8 Å². The highest BCUT2D eigenvalue weighted by molar-refractivity contribution is 7.97. The maximum atomic E-state index is 12.6. The molecule has 0 aliphatic rings. The van der Waals surface area contributed by atoms with Gasteiger partial charge in [0.2, 0.25) is 0 Å². The highest BCUT2D eigenvalue weighted by Crippen LogP contribution is 2.29. The number of hydrogen-bond acceptors (Lipinski definition) is 7. The highest BCUT2D eigenvalue weighted by atomic mass is 32.2. The lowest BCUT2D eigenvalue weighted by Crippen LogP contribution is -2.06.